The predicted octanol–water partition coefficient (Wildman–Crippen LogP) is 3.01. The highest BCUT2D eigenvalue weighted by Crippen LogP contribution is 2.41. The quantitative estimate of drug-likeness (QED) is 0.606. The van der Waals surface area contributed by atoms with E-state index in [1.807, 2.05) is 13.8 Å². The van der Waals surface area contributed by atoms with E-state index in [1.165, 1.54) is 0 Å². The van der Waals surface area contributed by atoms with Crippen LogP contribution < -0.4 is 15.4 Å². The molecule has 0 aliphatic heterocycles. The van der Waals surface area contributed by atoms with Crippen molar-refractivity contribution in [2.24, 2.45) is 0 Å². The molecule has 1 aliphatic rings. The van der Waals surface area contributed by atoms with Crippen LogP contribution in [0.2, 0.25) is 0 Å². The molecule has 0 radical (unpaired) electrons. The average Bonchev–Trinajstić information content (AvgIpc) is 3.34. The number of aryl methyl sites for hydroxylation is 2. The number of halogens is 1. The maximum Gasteiger partial charge on any atom is 0.262 e. The number of ether oxygens (including phenoxy) is 2. The minimum absolute atomic E-state index is 0.271. The molecule has 0 atom stereocenters. The van der Waals surface area contributed by atoms with Gasteiger partial charge in [0.15, 0.2) is 5.67 Å². The number of amides is 1. The molecule has 1 amide bonds. The molecular weight excluding hydrogens is 365 g/mol. The number of methoxy groups -OCH3 is 1. The Balaban J connectivity index is 1.77. The topological polar surface area (TPSA) is 85.6 Å². The van der Waals surface area contributed by atoms with Crippen molar-refractivity contribution in [2.75, 3.05) is 38.7 Å². The van der Waals surface area contributed by atoms with Gasteiger partial charge in [-0.3, -0.25) is 4.79 Å². The third-order valence-corrected chi connectivity index (χ3v) is 4.66. The van der Waals surface area contributed by atoms with Crippen molar-refractivity contribution in [3.05, 3.63) is 29.7 Å². The number of carbonyl (C=O) groups is 1. The second kappa shape index (κ2) is 8.70. The summed E-state index contributed by atoms with van der Waals surface area (Å²) in [4.78, 5) is 12.0. The number of hydrogen-bond acceptors (Lipinski definition) is 6. The number of nitrogens with one attached hydrogen (secondary N) is 2. The first-order valence-electron chi connectivity index (χ1n) is 9.35. The molecule has 0 unspecified atom stereocenters. The highest BCUT2D eigenvalue weighted by atomic mass is 19.1. The number of anilines is 1. The van der Waals surface area contributed by atoms with Crippen LogP contribution in [-0.2, 0) is 9.53 Å². The number of carbonyl (C=O) groups excluding carboxylic acids is 1. The highest BCUT2D eigenvalue weighted by molar-refractivity contribution is 6.00. The van der Waals surface area contributed by atoms with E-state index in [4.69, 9.17) is 14.0 Å². The molecule has 1 saturated carbocycles. The second-order valence-corrected chi connectivity index (χ2v) is 6.92. The van der Waals surface area contributed by atoms with Crippen molar-refractivity contribution in [2.45, 2.75) is 32.4 Å². The molecule has 1 fully saturated rings. The molecule has 28 heavy (non-hydrogen) atoms. The van der Waals surface area contributed by atoms with Gasteiger partial charge < -0.3 is 24.6 Å². The normalized spacial score (nSPS) is 14.7. The summed E-state index contributed by atoms with van der Waals surface area (Å²) in [5.41, 5.74) is 1.05. The van der Waals surface area contributed by atoms with Gasteiger partial charge in [-0.15, -0.1) is 0 Å². The molecule has 8 heteroatoms. The molecule has 7 nitrogen and oxygen atoms in total. The number of nitrogens with zero attached hydrogens (tertiary/aromatic N) is 1. The monoisotopic (exact) mass is 391 g/mol. The van der Waals surface area contributed by atoms with Crippen LogP contribution in [0.25, 0.3) is 11.1 Å². The number of aromatic nitrogens is 1. The largest absolute Gasteiger partial charge is 0.492 e. The van der Waals surface area contributed by atoms with Crippen molar-refractivity contribution in [3.63, 3.8) is 0 Å². The minimum Gasteiger partial charge on any atom is -0.492 e. The lowest BCUT2D eigenvalue weighted by molar-refractivity contribution is -0.122. The highest BCUT2D eigenvalue weighted by Gasteiger charge is 2.50. The van der Waals surface area contributed by atoms with Crippen molar-refractivity contribution in [1.82, 2.24) is 10.5 Å². The zero-order valence-corrected chi connectivity index (χ0v) is 16.4. The van der Waals surface area contributed by atoms with E-state index in [0.29, 0.717) is 42.6 Å². The molecule has 0 saturated heterocycles. The van der Waals surface area contributed by atoms with Gasteiger partial charge in [0.25, 0.3) is 5.91 Å². The van der Waals surface area contributed by atoms with Gasteiger partial charge in [0.2, 0.25) is 0 Å². The van der Waals surface area contributed by atoms with E-state index in [2.05, 4.69) is 15.8 Å². The van der Waals surface area contributed by atoms with E-state index in [1.54, 1.807) is 25.3 Å². The summed E-state index contributed by atoms with van der Waals surface area (Å²) in [5.74, 6) is 0.684. The van der Waals surface area contributed by atoms with Gasteiger partial charge in [-0.25, -0.2) is 4.39 Å². The first-order valence-corrected chi connectivity index (χ1v) is 9.35. The Morgan fingerprint density at radius 3 is 2.68 bits per heavy atom. The molecular formula is C20H26FN3O4. The smallest absolute Gasteiger partial charge is 0.262 e. The zero-order valence-electron chi connectivity index (χ0n) is 16.4. The van der Waals surface area contributed by atoms with E-state index < -0.39 is 11.6 Å². The van der Waals surface area contributed by atoms with Crippen molar-refractivity contribution >= 4 is 11.6 Å². The van der Waals surface area contributed by atoms with Crippen LogP contribution >= 0.6 is 0 Å². The Morgan fingerprint density at radius 1 is 1.29 bits per heavy atom. The first-order chi connectivity index (χ1) is 13.4. The lowest BCUT2D eigenvalue weighted by Gasteiger charge is -2.15. The Labute approximate surface area is 163 Å². The fraction of sp³-hybridized carbons (Fsp3) is 0.500. The second-order valence-electron chi connectivity index (χ2n) is 6.92. The van der Waals surface area contributed by atoms with Gasteiger partial charge in [0.05, 0.1) is 17.9 Å². The molecule has 1 aromatic carbocycles. The Hall–Kier alpha value is -2.45. The molecule has 1 heterocycles. The Kier molecular flexibility index (Phi) is 6.31. The lowest BCUT2D eigenvalue weighted by Crippen LogP contribution is -2.25. The number of hydrogen-bond donors (Lipinski definition) is 2. The predicted molar refractivity (Wildman–Crippen MR) is 103 cm³/mol. The summed E-state index contributed by atoms with van der Waals surface area (Å²) in [6, 6.07) is 5.24. The maximum atomic E-state index is 14.0. The van der Waals surface area contributed by atoms with Gasteiger partial charge in [-0.2, -0.15) is 0 Å². The molecule has 2 aromatic rings. The Morgan fingerprint density at radius 2 is 2.04 bits per heavy atom. The third-order valence-electron chi connectivity index (χ3n) is 4.66. The van der Waals surface area contributed by atoms with E-state index in [0.717, 1.165) is 17.7 Å². The fourth-order valence-electron chi connectivity index (χ4n) is 2.91. The van der Waals surface area contributed by atoms with Gasteiger partial charge >= 0.3 is 0 Å². The van der Waals surface area contributed by atoms with Gasteiger partial charge in [-0.05, 0) is 44.9 Å². The van der Waals surface area contributed by atoms with Crippen molar-refractivity contribution in [1.29, 1.82) is 0 Å². The zero-order chi connectivity index (χ0) is 20.1. The summed E-state index contributed by atoms with van der Waals surface area (Å²) in [7, 11) is 1.66. The lowest BCUT2D eigenvalue weighted by atomic mass is 10.0. The van der Waals surface area contributed by atoms with E-state index in [-0.39, 0.29) is 12.8 Å². The standard InChI is InChI=1S/C20H26FN3O4/c1-13-18(14(2)28-24-13)16-12-15(23-19(25)20(21)6-7-20)4-5-17(16)27-11-9-22-8-10-26-3/h4-5,12,22H,6-11H2,1-3H3,(H,23,25). The molecule has 0 bridgehead atoms. The van der Waals surface area contributed by atoms with Gasteiger partial charge in [0.1, 0.15) is 18.1 Å². The fourth-order valence-corrected chi connectivity index (χ4v) is 2.91. The summed E-state index contributed by atoms with van der Waals surface area (Å²) in [5, 5.41) is 9.87. The van der Waals surface area contributed by atoms with E-state index >= 15 is 0 Å². The first kappa shape index (κ1) is 20.3. The van der Waals surface area contributed by atoms with Crippen LogP contribution in [0.4, 0.5) is 10.1 Å². The van der Waals surface area contributed by atoms with Crippen LogP contribution in [0.1, 0.15) is 24.3 Å². The van der Waals surface area contributed by atoms with Crippen LogP contribution in [0.3, 0.4) is 0 Å². The minimum atomic E-state index is -1.73. The molecule has 152 valence electrons. The molecule has 1 aromatic heterocycles. The Bertz CT molecular complexity index is 813. The number of benzene rings is 1. The molecule has 3 rings (SSSR count). The molecule has 2 N–H and O–H groups in total. The van der Waals surface area contributed by atoms with Gasteiger partial charge in [-0.1, -0.05) is 5.16 Å². The van der Waals surface area contributed by atoms with Crippen LogP contribution in [0, 0.1) is 13.8 Å². The summed E-state index contributed by atoms with van der Waals surface area (Å²) >= 11 is 0. The van der Waals surface area contributed by atoms with Crippen molar-refractivity contribution in [3.8, 4) is 16.9 Å². The third kappa shape index (κ3) is 4.69. The van der Waals surface area contributed by atoms with Crippen LogP contribution in [0.5, 0.6) is 5.75 Å². The average molecular weight is 391 g/mol. The number of alkyl halides is 1. The maximum absolute atomic E-state index is 14.0. The van der Waals surface area contributed by atoms with Crippen LogP contribution in [0.15, 0.2) is 22.7 Å². The van der Waals surface area contributed by atoms with Gasteiger partial charge in [0, 0.05) is 31.5 Å². The summed E-state index contributed by atoms with van der Waals surface area (Å²) < 4.78 is 30.2. The summed E-state index contributed by atoms with van der Waals surface area (Å²) in [6.07, 6.45) is 0.541. The number of rotatable bonds is 10. The SMILES string of the molecule is COCCNCCOc1ccc(NC(=O)C2(F)CC2)cc1-c1c(C)noc1C. The van der Waals surface area contributed by atoms with E-state index in [9.17, 15) is 9.18 Å². The van der Waals surface area contributed by atoms with Crippen LogP contribution in [-0.4, -0.2) is 50.1 Å². The van der Waals surface area contributed by atoms with Crippen molar-refractivity contribution < 1.29 is 23.2 Å². The molecule has 1 aliphatic carbocycles. The summed E-state index contributed by atoms with van der Waals surface area (Å²) in [6.45, 7) is 6.15. The molecule has 0 spiro atoms.